The van der Waals surface area contributed by atoms with Crippen molar-refractivity contribution in [3.05, 3.63) is 124 Å². The maximum atomic E-state index is 14.9. The monoisotopic (exact) mass is 1480 g/mol. The molecule has 0 spiro atoms. The van der Waals surface area contributed by atoms with Crippen molar-refractivity contribution in [1.29, 1.82) is 0 Å². The predicted molar refractivity (Wildman–Crippen MR) is 354 cm³/mol. The second-order valence-electron chi connectivity index (χ2n) is 26.4. The number of hydrogen-bond donors (Lipinski definition) is 12. The van der Waals surface area contributed by atoms with Crippen LogP contribution in [0.3, 0.4) is 0 Å². The molecular formula is C65H75ClN8O28S. The van der Waals surface area contributed by atoms with Crippen molar-refractivity contribution in [2.24, 2.45) is 15.9 Å². The summed E-state index contributed by atoms with van der Waals surface area (Å²) in [5, 5.41) is 121. The van der Waals surface area contributed by atoms with E-state index in [2.05, 4.69) is 20.3 Å². The lowest BCUT2D eigenvalue weighted by Gasteiger charge is -2.42. The number of nitrogens with zero attached hydrogens (tertiary/aromatic N) is 7. The fraction of sp³-hybridized carbons (Fsp3) is 0.477. The second kappa shape index (κ2) is 31.2. The van der Waals surface area contributed by atoms with E-state index in [0.717, 1.165) is 12.1 Å². The summed E-state index contributed by atoms with van der Waals surface area (Å²) in [6, 6.07) is 17.4. The van der Waals surface area contributed by atoms with Gasteiger partial charge in [-0.05, 0) is 94.7 Å². The number of ether oxygens (including phenoxy) is 8. The highest BCUT2D eigenvalue weighted by Gasteiger charge is 2.51. The molecule has 3 saturated heterocycles. The number of azide groups is 1. The van der Waals surface area contributed by atoms with Crippen LogP contribution in [-0.4, -0.2) is 260 Å². The number of rotatable bonds is 27. The number of aliphatic hydroxyl groups is 9. The number of carboxylic acid groups (broad SMARTS) is 2. The van der Waals surface area contributed by atoms with Gasteiger partial charge in [-0.25, -0.2) is 14.6 Å². The molecule has 3 fully saturated rings. The summed E-state index contributed by atoms with van der Waals surface area (Å²) in [6.07, 6.45) is -26.3. The summed E-state index contributed by atoms with van der Waals surface area (Å²) in [4.78, 5) is 76.3. The molecule has 4 aromatic carbocycles. The summed E-state index contributed by atoms with van der Waals surface area (Å²) in [5.41, 5.74) is 8.44. The van der Waals surface area contributed by atoms with Gasteiger partial charge < -0.3 is 122 Å². The van der Waals surface area contributed by atoms with E-state index < -0.39 is 173 Å². The third-order valence-corrected chi connectivity index (χ3v) is 18.4. The minimum absolute atomic E-state index is 0.00170. The van der Waals surface area contributed by atoms with E-state index in [1.807, 2.05) is 27.7 Å². The van der Waals surface area contributed by atoms with Gasteiger partial charge in [-0.15, -0.1) is 20.0 Å². The zero-order chi connectivity index (χ0) is 74.9. The largest absolute Gasteiger partial charge is 0.501 e. The first-order valence-corrected chi connectivity index (χ1v) is 33.5. The molecule has 0 saturated carbocycles. The number of halogens is 1. The molecule has 16 atom stereocenters. The number of carboxylic acids is 2. The number of methoxy groups -OCH3 is 1. The normalized spacial score (nSPS) is 26.5. The lowest BCUT2D eigenvalue weighted by atomic mass is 9.92. The van der Waals surface area contributed by atoms with Crippen molar-refractivity contribution >= 4 is 79.5 Å². The lowest BCUT2D eigenvalue weighted by Crippen LogP contribution is -2.62. The molecule has 0 radical (unpaired) electrons. The number of hydrogen-bond acceptors (Lipinski definition) is 28. The third-order valence-electron chi connectivity index (χ3n) is 17.3. The van der Waals surface area contributed by atoms with Crippen LogP contribution in [0.1, 0.15) is 70.4 Å². The van der Waals surface area contributed by atoms with Crippen molar-refractivity contribution < 1.29 is 135 Å². The summed E-state index contributed by atoms with van der Waals surface area (Å²) in [5.74, 6) is -7.57. The van der Waals surface area contributed by atoms with Gasteiger partial charge in [0.25, 0.3) is 17.7 Å². The number of alkyl halides is 1. The number of aliphatic carboxylic acids is 2. The van der Waals surface area contributed by atoms with Crippen molar-refractivity contribution in [3.8, 4) is 28.7 Å². The van der Waals surface area contributed by atoms with Gasteiger partial charge in [0.2, 0.25) is 12.6 Å². The smallest absolute Gasteiger partial charge is 0.497 e. The Labute approximate surface area is 590 Å². The summed E-state index contributed by atoms with van der Waals surface area (Å²) >= 11 is 6.63. The number of imidazole rings is 1. The minimum atomic E-state index is -5.44. The summed E-state index contributed by atoms with van der Waals surface area (Å²) < 4.78 is 86.5. The molecule has 3 amide bonds. The molecule has 38 heteroatoms. The molecule has 0 bridgehead atoms. The zero-order valence-electron chi connectivity index (χ0n) is 55.6. The first kappa shape index (κ1) is 76.8. The maximum absolute atomic E-state index is 14.9. The third kappa shape index (κ3) is 17.0. The van der Waals surface area contributed by atoms with Gasteiger partial charge in [-0.3, -0.25) is 14.4 Å². The first-order chi connectivity index (χ1) is 48.6. The fourth-order valence-corrected chi connectivity index (χ4v) is 13.0. The SMILES string of the molecule is COc1ccc2c(OS(=O)(=O)Oc3cc(C(=O)N(C)CC(C)(C)COCC(C)(C)CN=[N+]=[N-])ccc3O[C@@H]3O[C@H](C(=O)O)[C@@H](O)[C@H](O)[C@H]3O)cc3c(c2c1)[C@H](CCl)CN3C(=O)c1cn2cc(NC(=O)c3ccc(O[C@@H]4O[C@H](COC5OC(C(=O)O)[C@@H](O)[C@H](O)[C@H]5O)[C@H](O)[C@H](O)[C@H]4O)cc3)ccc2n1. The number of nitrogens with one attached hydrogen (secondary N) is 1. The number of aromatic nitrogens is 2. The number of benzene rings is 4. The number of aliphatic hydroxyl groups excluding tert-OH is 9. The zero-order valence-corrected chi connectivity index (χ0v) is 57.2. The minimum Gasteiger partial charge on any atom is -0.497 e. The molecule has 6 heterocycles. The van der Waals surface area contributed by atoms with Crippen LogP contribution < -0.4 is 32.8 Å². The highest BCUT2D eigenvalue weighted by Crippen LogP contribution is 2.48. The quantitative estimate of drug-likeness (QED) is 0.0149. The van der Waals surface area contributed by atoms with Gasteiger partial charge in [0.15, 0.2) is 35.7 Å². The van der Waals surface area contributed by atoms with E-state index in [1.165, 1.54) is 101 Å². The average molecular weight is 1480 g/mol. The second-order valence-corrected chi connectivity index (χ2v) is 27.9. The Balaban J connectivity index is 0.861. The van der Waals surface area contributed by atoms with Crippen LogP contribution in [0.5, 0.6) is 28.7 Å². The standard InChI is InChI=1S/C65H75ClN8O28S/c1-64(2,25-68-71-67)27-94-28-65(3,4)26-72(5)57(85)30-9-15-39(97-63-53(83)48(78)50(80)55(100-63)60(89)90)41(17-30)102-103(91,92)101-40-19-38-44(36-18-34(93-6)13-14-35(36)40)31(20-66)21-74(38)58(86)37-23-73-22-32(10-16-43(73)70-37)69-56(84)29-7-11-33(12-8-29)96-62-52(82)46(76)45(75)42(98-62)24-95-61-51(81)47(77)49(79)54(99-61)59(87)88/h7-19,22-23,31,42,45-55,61-63,75-83H,20-21,24-28H2,1-6H3,(H,69,84)(H,87,88)(H,89,90)/t31-,42-,45+,46+,47+,48+,49+,50+,51-,52-,53-,54?,55+,61?,62-,63-/m1/s1. The van der Waals surface area contributed by atoms with E-state index in [4.69, 9.17) is 63.4 Å². The van der Waals surface area contributed by atoms with Gasteiger partial charge >= 0.3 is 22.3 Å². The Bertz CT molecular complexity index is 4320. The van der Waals surface area contributed by atoms with Crippen molar-refractivity contribution in [2.45, 2.75) is 126 Å². The van der Waals surface area contributed by atoms with Gasteiger partial charge in [0.05, 0.1) is 38.3 Å². The molecule has 4 aliphatic rings. The molecule has 103 heavy (non-hydrogen) atoms. The van der Waals surface area contributed by atoms with E-state index in [0.29, 0.717) is 16.7 Å². The molecule has 4 aliphatic heterocycles. The van der Waals surface area contributed by atoms with Crippen LogP contribution >= 0.6 is 11.6 Å². The van der Waals surface area contributed by atoms with Crippen molar-refractivity contribution in [3.63, 3.8) is 0 Å². The number of anilines is 2. The van der Waals surface area contributed by atoms with E-state index in [1.54, 1.807) is 6.07 Å². The molecule has 2 unspecified atom stereocenters. The topological polar surface area (TPSA) is 519 Å². The fourth-order valence-electron chi connectivity index (χ4n) is 12.0. The van der Waals surface area contributed by atoms with Crippen LogP contribution in [0.2, 0.25) is 0 Å². The summed E-state index contributed by atoms with van der Waals surface area (Å²) in [7, 11) is -2.58. The van der Waals surface area contributed by atoms with Gasteiger partial charge in [-0.2, -0.15) is 0 Å². The van der Waals surface area contributed by atoms with Crippen LogP contribution in [0.15, 0.2) is 96.4 Å². The molecule has 556 valence electrons. The number of carbonyl (C=O) groups excluding carboxylic acids is 3. The van der Waals surface area contributed by atoms with Gasteiger partial charge in [-0.1, -0.05) is 32.8 Å². The number of amides is 3. The maximum Gasteiger partial charge on any atom is 0.501 e. The Morgan fingerprint density at radius 3 is 1.94 bits per heavy atom. The van der Waals surface area contributed by atoms with E-state index >= 15 is 0 Å². The highest BCUT2D eigenvalue weighted by atomic mass is 35.5. The molecule has 10 rings (SSSR count). The van der Waals surface area contributed by atoms with Crippen LogP contribution in [0.25, 0.3) is 26.9 Å². The van der Waals surface area contributed by atoms with Gasteiger partial charge in [0.1, 0.15) is 83.9 Å². The highest BCUT2D eigenvalue weighted by molar-refractivity contribution is 7.82. The van der Waals surface area contributed by atoms with E-state index in [-0.39, 0.29) is 83.7 Å². The van der Waals surface area contributed by atoms with Crippen molar-refractivity contribution in [1.82, 2.24) is 14.3 Å². The number of fused-ring (bicyclic) bond motifs is 4. The molecule has 0 aliphatic carbocycles. The molecule has 6 aromatic rings. The van der Waals surface area contributed by atoms with Crippen LogP contribution in [0, 0.1) is 10.8 Å². The van der Waals surface area contributed by atoms with Crippen LogP contribution in [-0.2, 0) is 43.7 Å². The molecular weight excluding hydrogens is 1410 g/mol. The number of carbonyl (C=O) groups is 5. The molecule has 2 aromatic heterocycles. The first-order valence-electron chi connectivity index (χ1n) is 31.7. The molecule has 12 N–H and O–H groups in total. The van der Waals surface area contributed by atoms with Gasteiger partial charge in [0, 0.05) is 83.8 Å². The lowest BCUT2D eigenvalue weighted by molar-refractivity contribution is -0.318. The Kier molecular flexibility index (Phi) is 23.3. The Morgan fingerprint density at radius 2 is 1.30 bits per heavy atom. The number of pyridine rings is 1. The van der Waals surface area contributed by atoms with Crippen molar-refractivity contribution in [2.75, 3.05) is 69.7 Å². The van der Waals surface area contributed by atoms with Crippen LogP contribution in [0.4, 0.5) is 11.4 Å². The summed E-state index contributed by atoms with van der Waals surface area (Å²) in [6.45, 7) is 7.19. The van der Waals surface area contributed by atoms with E-state index in [9.17, 15) is 88.6 Å². The average Bonchev–Trinajstić information content (AvgIpc) is 1.61. The molecule has 36 nitrogen and oxygen atoms in total. The predicted octanol–water partition coefficient (Wildman–Crippen LogP) is 1.25. The Morgan fingerprint density at radius 1 is 0.699 bits per heavy atom. The Hall–Kier alpha value is -8.83.